The van der Waals surface area contributed by atoms with E-state index in [1.165, 1.54) is 6.33 Å². The van der Waals surface area contributed by atoms with E-state index in [1.807, 2.05) is 0 Å². The fourth-order valence-corrected chi connectivity index (χ4v) is 3.14. The minimum atomic E-state index is -0.395. The van der Waals surface area contributed by atoms with Crippen molar-refractivity contribution in [1.29, 1.82) is 0 Å². The molecular formula is C23H19ClN4O4. The van der Waals surface area contributed by atoms with Crippen LogP contribution >= 0.6 is 11.6 Å². The van der Waals surface area contributed by atoms with Gasteiger partial charge in [0.1, 0.15) is 12.1 Å². The van der Waals surface area contributed by atoms with Gasteiger partial charge in [-0.25, -0.2) is 14.8 Å². The second-order valence-electron chi connectivity index (χ2n) is 6.62. The number of carbonyl (C=O) groups excluding carboxylic acids is 1. The van der Waals surface area contributed by atoms with E-state index in [2.05, 4.69) is 20.6 Å². The van der Waals surface area contributed by atoms with Crippen molar-refractivity contribution in [1.82, 2.24) is 9.97 Å². The van der Waals surface area contributed by atoms with E-state index in [0.717, 1.165) is 0 Å². The third-order valence-corrected chi connectivity index (χ3v) is 4.76. The Kier molecular flexibility index (Phi) is 6.23. The highest BCUT2D eigenvalue weighted by Crippen LogP contribution is 2.36. The van der Waals surface area contributed by atoms with Crippen LogP contribution in [0.3, 0.4) is 0 Å². The van der Waals surface area contributed by atoms with Crippen LogP contribution < -0.4 is 24.8 Å². The van der Waals surface area contributed by atoms with E-state index in [9.17, 15) is 4.79 Å². The van der Waals surface area contributed by atoms with Gasteiger partial charge in [0.2, 0.25) is 5.88 Å². The molecular weight excluding hydrogens is 432 g/mol. The Morgan fingerprint density at radius 1 is 0.875 bits per heavy atom. The molecule has 32 heavy (non-hydrogen) atoms. The Balaban J connectivity index is 1.53. The number of nitrogens with zero attached hydrogens (tertiary/aromatic N) is 2. The van der Waals surface area contributed by atoms with Crippen molar-refractivity contribution in [2.24, 2.45) is 0 Å². The molecule has 9 heteroatoms. The molecule has 0 saturated heterocycles. The number of carbonyl (C=O) groups is 1. The van der Waals surface area contributed by atoms with Crippen molar-refractivity contribution in [3.63, 3.8) is 0 Å². The van der Waals surface area contributed by atoms with Gasteiger partial charge >= 0.3 is 6.03 Å². The molecule has 0 bridgehead atoms. The number of aromatic nitrogens is 2. The molecule has 0 aliphatic rings. The summed E-state index contributed by atoms with van der Waals surface area (Å²) < 4.78 is 16.7. The lowest BCUT2D eigenvalue weighted by atomic mass is 10.2. The average molecular weight is 451 g/mol. The number of benzene rings is 3. The third kappa shape index (κ3) is 4.81. The molecule has 0 fully saturated rings. The van der Waals surface area contributed by atoms with Crippen molar-refractivity contribution in [2.75, 3.05) is 24.9 Å². The highest BCUT2D eigenvalue weighted by Gasteiger charge is 2.13. The number of ether oxygens (including phenoxy) is 3. The summed E-state index contributed by atoms with van der Waals surface area (Å²) in [5, 5.41) is 6.76. The zero-order valence-electron chi connectivity index (χ0n) is 17.3. The van der Waals surface area contributed by atoms with E-state index < -0.39 is 6.03 Å². The standard InChI is InChI=1S/C23H19ClN4O4/c1-30-20-11-18-19(12-21(20)31-2)25-13-26-22(18)32-17-5-3-4-16(10-17)28-23(29)27-15-8-6-14(24)7-9-15/h3-13H,1-2H3,(H2,27,28,29). The number of urea groups is 1. The van der Waals surface area contributed by atoms with Crippen molar-refractivity contribution in [3.8, 4) is 23.1 Å². The van der Waals surface area contributed by atoms with Gasteiger partial charge in [0.25, 0.3) is 0 Å². The smallest absolute Gasteiger partial charge is 0.323 e. The average Bonchev–Trinajstić information content (AvgIpc) is 2.80. The molecule has 0 radical (unpaired) electrons. The van der Waals surface area contributed by atoms with E-state index in [4.69, 9.17) is 25.8 Å². The van der Waals surface area contributed by atoms with E-state index in [-0.39, 0.29) is 0 Å². The molecule has 0 spiro atoms. The number of anilines is 2. The predicted molar refractivity (Wildman–Crippen MR) is 123 cm³/mol. The summed E-state index contributed by atoms with van der Waals surface area (Å²) >= 11 is 5.87. The maximum absolute atomic E-state index is 12.3. The number of halogens is 1. The number of methoxy groups -OCH3 is 2. The van der Waals surface area contributed by atoms with Crippen LogP contribution in [0.4, 0.5) is 16.2 Å². The summed E-state index contributed by atoms with van der Waals surface area (Å²) in [6.07, 6.45) is 1.41. The quantitative estimate of drug-likeness (QED) is 0.389. The fraction of sp³-hybridized carbons (Fsp3) is 0.0870. The monoisotopic (exact) mass is 450 g/mol. The molecule has 0 saturated carbocycles. The Morgan fingerprint density at radius 3 is 2.34 bits per heavy atom. The Morgan fingerprint density at radius 2 is 1.59 bits per heavy atom. The molecule has 1 aromatic heterocycles. The van der Waals surface area contributed by atoms with E-state index in [1.54, 1.807) is 74.9 Å². The highest BCUT2D eigenvalue weighted by molar-refractivity contribution is 6.30. The molecule has 3 aromatic carbocycles. The Bertz CT molecular complexity index is 1260. The SMILES string of the molecule is COc1cc2ncnc(Oc3cccc(NC(=O)Nc4ccc(Cl)cc4)c3)c2cc1OC. The maximum Gasteiger partial charge on any atom is 0.323 e. The third-order valence-electron chi connectivity index (χ3n) is 4.51. The molecule has 0 unspecified atom stereocenters. The molecule has 2 N–H and O–H groups in total. The minimum absolute atomic E-state index is 0.346. The summed E-state index contributed by atoms with van der Waals surface area (Å²) in [5.74, 6) is 1.93. The Labute approximate surface area is 189 Å². The number of fused-ring (bicyclic) bond motifs is 1. The van der Waals surface area contributed by atoms with Crippen molar-refractivity contribution < 1.29 is 19.0 Å². The second kappa shape index (κ2) is 9.40. The topological polar surface area (TPSA) is 94.6 Å². The van der Waals surface area contributed by atoms with E-state index in [0.29, 0.717) is 50.4 Å². The normalized spacial score (nSPS) is 10.5. The fourth-order valence-electron chi connectivity index (χ4n) is 3.02. The first-order valence-corrected chi connectivity index (χ1v) is 9.92. The summed E-state index contributed by atoms with van der Waals surface area (Å²) in [6, 6.07) is 16.9. The number of nitrogens with one attached hydrogen (secondary N) is 2. The molecule has 162 valence electrons. The molecule has 0 atom stereocenters. The second-order valence-corrected chi connectivity index (χ2v) is 7.06. The minimum Gasteiger partial charge on any atom is -0.493 e. The van der Waals surface area contributed by atoms with E-state index >= 15 is 0 Å². The first-order valence-electron chi connectivity index (χ1n) is 9.54. The zero-order chi connectivity index (χ0) is 22.5. The van der Waals surface area contributed by atoms with Gasteiger partial charge in [0, 0.05) is 28.5 Å². The summed E-state index contributed by atoms with van der Waals surface area (Å²) in [7, 11) is 3.11. The van der Waals surface area contributed by atoms with Gasteiger partial charge in [0.15, 0.2) is 11.5 Å². The molecule has 0 aliphatic carbocycles. The first-order chi connectivity index (χ1) is 15.6. The van der Waals surface area contributed by atoms with Crippen molar-refractivity contribution in [2.45, 2.75) is 0 Å². The van der Waals surface area contributed by atoms with Gasteiger partial charge in [0.05, 0.1) is 25.1 Å². The maximum atomic E-state index is 12.3. The number of hydrogen-bond donors (Lipinski definition) is 2. The lowest BCUT2D eigenvalue weighted by molar-refractivity contribution is 0.262. The number of rotatable bonds is 6. The van der Waals surface area contributed by atoms with Crippen LogP contribution in [-0.2, 0) is 0 Å². The molecule has 4 aromatic rings. The predicted octanol–water partition coefficient (Wildman–Crippen LogP) is 5.74. The molecule has 2 amide bonds. The van der Waals surface area contributed by atoms with Gasteiger partial charge in [-0.05, 0) is 42.5 Å². The molecule has 4 rings (SSSR count). The molecule has 0 aliphatic heterocycles. The van der Waals surface area contributed by atoms with Gasteiger partial charge in [-0.1, -0.05) is 17.7 Å². The number of hydrogen-bond acceptors (Lipinski definition) is 6. The summed E-state index contributed by atoms with van der Waals surface area (Å²) in [5.41, 5.74) is 1.81. The van der Waals surface area contributed by atoms with Crippen LogP contribution in [0.5, 0.6) is 23.1 Å². The Hall–Kier alpha value is -4.04. The van der Waals surface area contributed by atoms with Gasteiger partial charge in [-0.2, -0.15) is 0 Å². The summed E-state index contributed by atoms with van der Waals surface area (Å²) in [4.78, 5) is 20.8. The van der Waals surface area contributed by atoms with Crippen LogP contribution in [0.15, 0.2) is 67.0 Å². The summed E-state index contributed by atoms with van der Waals surface area (Å²) in [6.45, 7) is 0. The van der Waals surface area contributed by atoms with Gasteiger partial charge in [-0.3, -0.25) is 0 Å². The first kappa shape index (κ1) is 21.2. The molecule has 1 heterocycles. The zero-order valence-corrected chi connectivity index (χ0v) is 18.0. The largest absolute Gasteiger partial charge is 0.493 e. The lowest BCUT2D eigenvalue weighted by Crippen LogP contribution is -2.19. The van der Waals surface area contributed by atoms with Crippen molar-refractivity contribution in [3.05, 3.63) is 72.0 Å². The molecule has 8 nitrogen and oxygen atoms in total. The van der Waals surface area contributed by atoms with Crippen LogP contribution in [0, 0.1) is 0 Å². The number of amides is 2. The van der Waals surface area contributed by atoms with Crippen LogP contribution in [-0.4, -0.2) is 30.2 Å². The lowest BCUT2D eigenvalue weighted by Gasteiger charge is -2.12. The van der Waals surface area contributed by atoms with Gasteiger partial charge in [-0.15, -0.1) is 0 Å². The van der Waals surface area contributed by atoms with Crippen molar-refractivity contribution >= 4 is 39.9 Å². The van der Waals surface area contributed by atoms with Crippen LogP contribution in [0.25, 0.3) is 10.9 Å². The van der Waals surface area contributed by atoms with Crippen LogP contribution in [0.2, 0.25) is 5.02 Å². The van der Waals surface area contributed by atoms with Crippen LogP contribution in [0.1, 0.15) is 0 Å². The highest BCUT2D eigenvalue weighted by atomic mass is 35.5. The van der Waals surface area contributed by atoms with Gasteiger partial charge < -0.3 is 24.8 Å².